The van der Waals surface area contributed by atoms with E-state index in [1.165, 1.54) is 12.0 Å². The van der Waals surface area contributed by atoms with Crippen LogP contribution in [0.3, 0.4) is 0 Å². The zero-order chi connectivity index (χ0) is 16.7. The molecule has 0 saturated carbocycles. The highest BCUT2D eigenvalue weighted by atomic mass is 79.9. The lowest BCUT2D eigenvalue weighted by molar-refractivity contribution is -0.140. The Balaban J connectivity index is 2.05. The van der Waals surface area contributed by atoms with Crippen LogP contribution in [0.5, 0.6) is 0 Å². The summed E-state index contributed by atoms with van der Waals surface area (Å²) < 4.78 is 5.40. The number of amides is 2. The van der Waals surface area contributed by atoms with Gasteiger partial charge in [0.25, 0.3) is 5.91 Å². The molecule has 0 aromatic heterocycles. The highest BCUT2D eigenvalue weighted by Gasteiger charge is 2.44. The number of hydrogen-bond donors (Lipinski definition) is 2. The van der Waals surface area contributed by atoms with Crippen molar-refractivity contribution < 1.29 is 24.2 Å². The monoisotopic (exact) mass is 382 g/mol. The quantitative estimate of drug-likeness (QED) is 0.806. The van der Waals surface area contributed by atoms with Crippen molar-refractivity contribution >= 4 is 39.6 Å². The summed E-state index contributed by atoms with van der Waals surface area (Å²) in [5, 5.41) is 12.0. The number of aliphatic carboxylic acids is 1. The van der Waals surface area contributed by atoms with E-state index in [-0.39, 0.29) is 6.42 Å². The first-order valence-corrected chi connectivity index (χ1v) is 7.93. The molecule has 2 N–H and O–H groups in total. The molecule has 2 atom stereocenters. The normalized spacial score (nSPS) is 22.3. The van der Waals surface area contributed by atoms with E-state index < -0.39 is 30.1 Å². The standard InChI is InChI=1S/C15H15BrN2O5/c1-23-15(22)17-10-3-2-7-4-9(16)5-8-6-11(14(20)21)18(12(7)8)13(10)19/h4-5,10-11H,2-3,6H2,1H3,(H,17,22)(H,20,21)/t10-,11-/m0/s1. The second-order valence-electron chi connectivity index (χ2n) is 5.57. The van der Waals surface area contributed by atoms with Crippen LogP contribution in [-0.4, -0.2) is 42.3 Å². The Morgan fingerprint density at radius 2 is 2.09 bits per heavy atom. The number of anilines is 1. The topological polar surface area (TPSA) is 95.9 Å². The van der Waals surface area contributed by atoms with Crippen molar-refractivity contribution in [2.75, 3.05) is 12.0 Å². The molecule has 0 unspecified atom stereocenters. The molecular weight excluding hydrogens is 368 g/mol. The summed E-state index contributed by atoms with van der Waals surface area (Å²) in [7, 11) is 1.22. The minimum Gasteiger partial charge on any atom is -0.480 e. The van der Waals surface area contributed by atoms with Crippen LogP contribution < -0.4 is 10.2 Å². The molecule has 23 heavy (non-hydrogen) atoms. The van der Waals surface area contributed by atoms with Crippen molar-refractivity contribution in [1.82, 2.24) is 5.32 Å². The van der Waals surface area contributed by atoms with Gasteiger partial charge in [0, 0.05) is 10.9 Å². The number of carboxylic acid groups (broad SMARTS) is 1. The molecule has 1 aromatic rings. The number of benzene rings is 1. The highest BCUT2D eigenvalue weighted by Crippen LogP contribution is 2.40. The van der Waals surface area contributed by atoms with E-state index in [2.05, 4.69) is 26.0 Å². The van der Waals surface area contributed by atoms with Gasteiger partial charge in [0.2, 0.25) is 0 Å². The number of aryl methyl sites for hydroxylation is 1. The van der Waals surface area contributed by atoms with Crippen molar-refractivity contribution in [3.05, 3.63) is 27.7 Å². The number of halogens is 1. The molecule has 0 radical (unpaired) electrons. The minimum absolute atomic E-state index is 0.258. The van der Waals surface area contributed by atoms with Gasteiger partial charge in [0.1, 0.15) is 12.1 Å². The molecule has 7 nitrogen and oxygen atoms in total. The Hall–Kier alpha value is -2.09. The number of hydrogen-bond acceptors (Lipinski definition) is 4. The molecule has 0 bridgehead atoms. The number of nitrogens with one attached hydrogen (secondary N) is 1. The highest BCUT2D eigenvalue weighted by molar-refractivity contribution is 9.10. The first kappa shape index (κ1) is 15.8. The molecule has 3 rings (SSSR count). The Morgan fingerprint density at radius 1 is 1.39 bits per heavy atom. The molecule has 0 fully saturated rings. The van der Waals surface area contributed by atoms with Crippen molar-refractivity contribution in [2.24, 2.45) is 0 Å². The largest absolute Gasteiger partial charge is 0.480 e. The van der Waals surface area contributed by atoms with Crippen LogP contribution in [0, 0.1) is 0 Å². The number of rotatable bonds is 2. The van der Waals surface area contributed by atoms with Gasteiger partial charge >= 0.3 is 12.1 Å². The zero-order valence-corrected chi connectivity index (χ0v) is 13.9. The van der Waals surface area contributed by atoms with Crippen LogP contribution in [0.15, 0.2) is 16.6 Å². The van der Waals surface area contributed by atoms with E-state index >= 15 is 0 Å². The SMILES string of the molecule is COC(=O)N[C@H]1CCc2cc(Br)cc3c2N(C1=O)[C@H](C(=O)O)C3. The summed E-state index contributed by atoms with van der Waals surface area (Å²) in [4.78, 5) is 37.2. The van der Waals surface area contributed by atoms with Crippen LogP contribution in [-0.2, 0) is 27.2 Å². The molecule has 1 aromatic carbocycles. The lowest BCUT2D eigenvalue weighted by Crippen LogP contribution is -2.52. The van der Waals surface area contributed by atoms with Gasteiger partial charge in [-0.15, -0.1) is 0 Å². The lowest BCUT2D eigenvalue weighted by Gasteiger charge is -2.25. The number of carbonyl (C=O) groups excluding carboxylic acids is 2. The van der Waals surface area contributed by atoms with Crippen molar-refractivity contribution in [3.8, 4) is 0 Å². The van der Waals surface area contributed by atoms with Crippen LogP contribution in [0.25, 0.3) is 0 Å². The fraction of sp³-hybridized carbons (Fsp3) is 0.400. The molecule has 0 spiro atoms. The van der Waals surface area contributed by atoms with E-state index in [0.29, 0.717) is 18.5 Å². The fourth-order valence-electron chi connectivity index (χ4n) is 3.22. The van der Waals surface area contributed by atoms with Crippen molar-refractivity contribution in [3.63, 3.8) is 0 Å². The van der Waals surface area contributed by atoms with Crippen molar-refractivity contribution in [1.29, 1.82) is 0 Å². The van der Waals surface area contributed by atoms with Gasteiger partial charge in [-0.05, 0) is 36.1 Å². The predicted octanol–water partition coefficient (Wildman–Crippen LogP) is 1.46. The number of alkyl carbamates (subject to hydrolysis) is 1. The van der Waals surface area contributed by atoms with Crippen LogP contribution in [0.4, 0.5) is 10.5 Å². The summed E-state index contributed by atoms with van der Waals surface area (Å²) in [6.07, 6.45) is 0.500. The Kier molecular flexibility index (Phi) is 4.01. The minimum atomic E-state index is -1.06. The molecule has 0 aliphatic carbocycles. The number of nitrogens with zero attached hydrogens (tertiary/aromatic N) is 1. The molecular formula is C15H15BrN2O5. The molecule has 8 heteroatoms. The van der Waals surface area contributed by atoms with E-state index in [9.17, 15) is 19.5 Å². The third-order valence-corrected chi connectivity index (χ3v) is 4.66. The zero-order valence-electron chi connectivity index (χ0n) is 12.3. The summed E-state index contributed by atoms with van der Waals surface area (Å²) in [6.45, 7) is 0. The van der Waals surface area contributed by atoms with Gasteiger partial charge in [0.05, 0.1) is 12.8 Å². The van der Waals surface area contributed by atoms with Gasteiger partial charge in [0.15, 0.2) is 0 Å². The van der Waals surface area contributed by atoms with E-state index in [0.717, 1.165) is 15.6 Å². The third kappa shape index (κ3) is 2.67. The molecule has 2 amide bonds. The molecule has 2 heterocycles. The predicted molar refractivity (Wildman–Crippen MR) is 84.4 cm³/mol. The van der Waals surface area contributed by atoms with Gasteiger partial charge in [-0.2, -0.15) is 0 Å². The van der Waals surface area contributed by atoms with Crippen LogP contribution >= 0.6 is 15.9 Å². The van der Waals surface area contributed by atoms with E-state index in [4.69, 9.17) is 0 Å². The van der Waals surface area contributed by atoms with Gasteiger partial charge < -0.3 is 15.2 Å². The average molecular weight is 383 g/mol. The number of methoxy groups -OCH3 is 1. The van der Waals surface area contributed by atoms with E-state index in [1.54, 1.807) is 0 Å². The second-order valence-corrected chi connectivity index (χ2v) is 6.48. The Morgan fingerprint density at radius 3 is 2.74 bits per heavy atom. The molecule has 122 valence electrons. The molecule has 2 aliphatic rings. The van der Waals surface area contributed by atoms with Gasteiger partial charge in [-0.25, -0.2) is 9.59 Å². The summed E-state index contributed by atoms with van der Waals surface area (Å²) in [5.41, 5.74) is 2.40. The first-order chi connectivity index (χ1) is 10.9. The fourth-order valence-corrected chi connectivity index (χ4v) is 3.77. The van der Waals surface area contributed by atoms with Crippen molar-refractivity contribution in [2.45, 2.75) is 31.3 Å². The summed E-state index contributed by atoms with van der Waals surface area (Å²) in [5.74, 6) is -1.47. The summed E-state index contributed by atoms with van der Waals surface area (Å²) >= 11 is 3.42. The first-order valence-electron chi connectivity index (χ1n) is 7.14. The van der Waals surface area contributed by atoms with E-state index in [1.807, 2.05) is 12.1 Å². The van der Waals surface area contributed by atoms with Crippen LogP contribution in [0.2, 0.25) is 0 Å². The maximum Gasteiger partial charge on any atom is 0.407 e. The second kappa shape index (κ2) is 5.84. The number of carbonyl (C=O) groups is 3. The molecule has 0 saturated heterocycles. The maximum absolute atomic E-state index is 12.8. The van der Waals surface area contributed by atoms with Gasteiger partial charge in [-0.3, -0.25) is 9.69 Å². The number of carboxylic acids is 1. The molecule has 2 aliphatic heterocycles. The lowest BCUT2D eigenvalue weighted by atomic mass is 10.0. The van der Waals surface area contributed by atoms with Gasteiger partial charge in [-0.1, -0.05) is 15.9 Å². The number of ether oxygens (including phenoxy) is 1. The Labute approximate surface area is 140 Å². The average Bonchev–Trinajstić information content (AvgIpc) is 2.83. The summed E-state index contributed by atoms with van der Waals surface area (Å²) in [6, 6.07) is 1.98. The Bertz CT molecular complexity index is 705. The maximum atomic E-state index is 12.8. The van der Waals surface area contributed by atoms with Crippen LogP contribution in [0.1, 0.15) is 17.5 Å². The smallest absolute Gasteiger partial charge is 0.407 e. The third-order valence-electron chi connectivity index (χ3n) is 4.20.